The first kappa shape index (κ1) is 17.8. The van der Waals surface area contributed by atoms with Crippen molar-refractivity contribution in [2.45, 2.75) is 38.1 Å². The number of H-pyrrole nitrogens is 1. The summed E-state index contributed by atoms with van der Waals surface area (Å²) in [7, 11) is 0. The van der Waals surface area contributed by atoms with Crippen molar-refractivity contribution >= 4 is 34.2 Å². The quantitative estimate of drug-likeness (QED) is 0.398. The van der Waals surface area contributed by atoms with E-state index in [2.05, 4.69) is 26.7 Å². The number of pyridine rings is 1. The maximum Gasteiger partial charge on any atom is 0.137 e. The number of nitrogens with zero attached hydrogens (tertiary/aromatic N) is 3. The van der Waals surface area contributed by atoms with Crippen LogP contribution in [-0.2, 0) is 0 Å². The Morgan fingerprint density at radius 2 is 1.82 bits per heavy atom. The molecule has 5 rings (SSSR count). The Hall–Kier alpha value is -2.30. The van der Waals surface area contributed by atoms with Gasteiger partial charge in [0.1, 0.15) is 5.65 Å². The number of benzene rings is 1. The van der Waals surface area contributed by atoms with Crippen molar-refractivity contribution < 1.29 is 0 Å². The summed E-state index contributed by atoms with van der Waals surface area (Å²) in [5.41, 5.74) is 4.89. The van der Waals surface area contributed by atoms with Gasteiger partial charge >= 0.3 is 0 Å². The minimum absolute atomic E-state index is 0.457. The lowest BCUT2D eigenvalue weighted by Crippen LogP contribution is -2.13. The highest BCUT2D eigenvalue weighted by atomic mass is 35.5. The average Bonchev–Trinajstić information content (AvgIpc) is 3.35. The Balaban J connectivity index is 1.76. The van der Waals surface area contributed by atoms with Gasteiger partial charge in [0.15, 0.2) is 0 Å². The molecule has 142 valence electrons. The second kappa shape index (κ2) is 7.26. The molecule has 1 aliphatic carbocycles. The van der Waals surface area contributed by atoms with Gasteiger partial charge in [0, 0.05) is 40.0 Å². The summed E-state index contributed by atoms with van der Waals surface area (Å²) in [5.74, 6) is 0. The molecule has 3 heterocycles. The fourth-order valence-corrected chi connectivity index (χ4v) is 4.81. The first-order chi connectivity index (χ1) is 13.7. The van der Waals surface area contributed by atoms with Crippen LogP contribution in [0.15, 0.2) is 49.1 Å². The minimum atomic E-state index is 0.457. The SMILES string of the molecule is Clc1ccc(-c2ncn(C3CCCCC3)c2-c2ccnc3[nH]ccc23)c(Cl)c1. The molecule has 0 saturated heterocycles. The van der Waals surface area contributed by atoms with Gasteiger partial charge in [0.05, 0.1) is 22.7 Å². The zero-order chi connectivity index (χ0) is 19.1. The van der Waals surface area contributed by atoms with Crippen LogP contribution in [0.1, 0.15) is 38.1 Å². The summed E-state index contributed by atoms with van der Waals surface area (Å²) >= 11 is 12.7. The van der Waals surface area contributed by atoms with E-state index in [1.807, 2.05) is 30.9 Å². The van der Waals surface area contributed by atoms with Crippen LogP contribution in [-0.4, -0.2) is 19.5 Å². The predicted molar refractivity (Wildman–Crippen MR) is 115 cm³/mol. The van der Waals surface area contributed by atoms with Crippen LogP contribution in [0, 0.1) is 0 Å². The molecular weight excluding hydrogens is 391 g/mol. The number of halogens is 2. The monoisotopic (exact) mass is 410 g/mol. The molecule has 1 saturated carbocycles. The van der Waals surface area contributed by atoms with E-state index in [1.54, 1.807) is 6.07 Å². The maximum atomic E-state index is 6.56. The zero-order valence-electron chi connectivity index (χ0n) is 15.3. The number of rotatable bonds is 3. The Morgan fingerprint density at radius 1 is 0.964 bits per heavy atom. The van der Waals surface area contributed by atoms with E-state index in [0.717, 1.165) is 33.5 Å². The van der Waals surface area contributed by atoms with E-state index in [9.17, 15) is 0 Å². The van der Waals surface area contributed by atoms with Crippen LogP contribution >= 0.6 is 23.2 Å². The highest BCUT2D eigenvalue weighted by molar-refractivity contribution is 6.36. The zero-order valence-corrected chi connectivity index (χ0v) is 16.8. The molecule has 0 amide bonds. The standard InChI is InChI=1S/C22H20Cl2N4/c23-14-6-7-18(19(24)12-14)20-21(16-8-10-25-22-17(16)9-11-26-22)28(13-27-20)15-4-2-1-3-5-15/h6-13,15H,1-5H2,(H,25,26). The van der Waals surface area contributed by atoms with E-state index >= 15 is 0 Å². The van der Waals surface area contributed by atoms with Crippen LogP contribution in [0.4, 0.5) is 0 Å². The van der Waals surface area contributed by atoms with Crippen LogP contribution in [0.25, 0.3) is 33.5 Å². The molecule has 0 radical (unpaired) electrons. The lowest BCUT2D eigenvalue weighted by atomic mass is 9.94. The van der Waals surface area contributed by atoms with Crippen molar-refractivity contribution in [1.29, 1.82) is 0 Å². The van der Waals surface area contributed by atoms with Gasteiger partial charge in [0.2, 0.25) is 0 Å². The molecule has 1 N–H and O–H groups in total. The number of aromatic nitrogens is 4. The van der Waals surface area contributed by atoms with Crippen molar-refractivity contribution in [1.82, 2.24) is 19.5 Å². The lowest BCUT2D eigenvalue weighted by molar-refractivity contribution is 0.355. The average molecular weight is 411 g/mol. The first-order valence-electron chi connectivity index (χ1n) is 9.67. The van der Waals surface area contributed by atoms with Crippen LogP contribution < -0.4 is 0 Å². The normalized spacial score (nSPS) is 15.4. The number of imidazole rings is 1. The van der Waals surface area contributed by atoms with Gasteiger partial charge in [-0.05, 0) is 43.2 Å². The topological polar surface area (TPSA) is 46.5 Å². The second-order valence-corrected chi connectivity index (χ2v) is 8.21. The molecule has 4 aromatic rings. The molecule has 0 aliphatic heterocycles. The van der Waals surface area contributed by atoms with Crippen LogP contribution in [0.5, 0.6) is 0 Å². The number of hydrogen-bond donors (Lipinski definition) is 1. The van der Waals surface area contributed by atoms with Crippen molar-refractivity contribution in [3.63, 3.8) is 0 Å². The number of fused-ring (bicyclic) bond motifs is 1. The molecular formula is C22H20Cl2N4. The fraction of sp³-hybridized carbons (Fsp3) is 0.273. The number of aromatic amines is 1. The highest BCUT2D eigenvalue weighted by Gasteiger charge is 2.24. The molecule has 1 aliphatic rings. The van der Waals surface area contributed by atoms with Gasteiger partial charge < -0.3 is 9.55 Å². The molecule has 0 bridgehead atoms. The smallest absolute Gasteiger partial charge is 0.137 e. The Labute approximate surface area is 173 Å². The lowest BCUT2D eigenvalue weighted by Gasteiger charge is -2.25. The third kappa shape index (κ3) is 3.01. The molecule has 0 unspecified atom stereocenters. The third-order valence-electron chi connectivity index (χ3n) is 5.66. The van der Waals surface area contributed by atoms with Crippen molar-refractivity contribution in [3.8, 4) is 22.5 Å². The van der Waals surface area contributed by atoms with Gasteiger partial charge in [-0.2, -0.15) is 0 Å². The van der Waals surface area contributed by atoms with E-state index < -0.39 is 0 Å². The summed E-state index contributed by atoms with van der Waals surface area (Å²) in [6.07, 6.45) is 11.9. The highest BCUT2D eigenvalue weighted by Crippen LogP contribution is 2.41. The van der Waals surface area contributed by atoms with Gasteiger partial charge in [-0.25, -0.2) is 9.97 Å². The number of hydrogen-bond acceptors (Lipinski definition) is 2. The van der Waals surface area contributed by atoms with Crippen molar-refractivity contribution in [3.05, 3.63) is 59.1 Å². The molecule has 0 spiro atoms. The van der Waals surface area contributed by atoms with Crippen LogP contribution in [0.2, 0.25) is 10.0 Å². The molecule has 0 atom stereocenters. The predicted octanol–water partition coefficient (Wildman–Crippen LogP) is 6.91. The minimum Gasteiger partial charge on any atom is -0.346 e. The van der Waals surface area contributed by atoms with E-state index in [1.165, 1.54) is 32.1 Å². The van der Waals surface area contributed by atoms with Crippen LogP contribution in [0.3, 0.4) is 0 Å². The Kier molecular flexibility index (Phi) is 4.61. The largest absolute Gasteiger partial charge is 0.346 e. The van der Waals surface area contributed by atoms with E-state index in [-0.39, 0.29) is 0 Å². The summed E-state index contributed by atoms with van der Waals surface area (Å²) in [6.45, 7) is 0. The molecule has 1 fully saturated rings. The third-order valence-corrected chi connectivity index (χ3v) is 6.21. The van der Waals surface area contributed by atoms with E-state index in [0.29, 0.717) is 16.1 Å². The Morgan fingerprint density at radius 3 is 2.64 bits per heavy atom. The maximum absolute atomic E-state index is 6.56. The molecule has 3 aromatic heterocycles. The summed E-state index contributed by atoms with van der Waals surface area (Å²) < 4.78 is 2.35. The summed E-state index contributed by atoms with van der Waals surface area (Å²) in [6, 6.07) is 10.2. The van der Waals surface area contributed by atoms with Crippen molar-refractivity contribution in [2.24, 2.45) is 0 Å². The van der Waals surface area contributed by atoms with Crippen molar-refractivity contribution in [2.75, 3.05) is 0 Å². The molecule has 28 heavy (non-hydrogen) atoms. The van der Waals surface area contributed by atoms with Gasteiger partial charge in [0.25, 0.3) is 0 Å². The number of nitrogens with one attached hydrogen (secondary N) is 1. The van der Waals surface area contributed by atoms with E-state index in [4.69, 9.17) is 28.2 Å². The Bertz CT molecular complexity index is 1140. The van der Waals surface area contributed by atoms with Gasteiger partial charge in [-0.15, -0.1) is 0 Å². The van der Waals surface area contributed by atoms with Gasteiger partial charge in [-0.3, -0.25) is 0 Å². The second-order valence-electron chi connectivity index (χ2n) is 7.36. The molecule has 4 nitrogen and oxygen atoms in total. The van der Waals surface area contributed by atoms with Gasteiger partial charge in [-0.1, -0.05) is 42.5 Å². The molecule has 6 heteroatoms. The summed E-state index contributed by atoms with van der Waals surface area (Å²) in [5, 5.41) is 2.33. The first-order valence-corrected chi connectivity index (χ1v) is 10.4. The summed E-state index contributed by atoms with van der Waals surface area (Å²) in [4.78, 5) is 12.5. The molecule has 1 aromatic carbocycles. The fourth-order valence-electron chi connectivity index (χ4n) is 4.31.